The first-order valence-corrected chi connectivity index (χ1v) is 5.28. The lowest BCUT2D eigenvalue weighted by molar-refractivity contribution is 0.630. The lowest BCUT2D eigenvalue weighted by Crippen LogP contribution is -2.26. The maximum Gasteiger partial charge on any atom is 0.148 e. The Hall–Kier alpha value is -1.84. The van der Waals surface area contributed by atoms with Crippen molar-refractivity contribution in [1.29, 1.82) is 0 Å². The number of nitrogens with one attached hydrogen (secondary N) is 2. The molecule has 0 aromatic carbocycles. The summed E-state index contributed by atoms with van der Waals surface area (Å²) >= 11 is 0. The van der Waals surface area contributed by atoms with E-state index in [1.807, 2.05) is 24.4 Å². The molecule has 0 saturated heterocycles. The van der Waals surface area contributed by atoms with Gasteiger partial charge in [0.1, 0.15) is 5.82 Å². The highest BCUT2D eigenvalue weighted by molar-refractivity contribution is 5.61. The van der Waals surface area contributed by atoms with Crippen LogP contribution in [0.15, 0.2) is 30.6 Å². The summed E-state index contributed by atoms with van der Waals surface area (Å²) in [6, 6.07) is 5.90. The van der Waals surface area contributed by atoms with Gasteiger partial charge in [0.15, 0.2) is 0 Å². The van der Waals surface area contributed by atoms with Gasteiger partial charge in [0.2, 0.25) is 0 Å². The first kappa shape index (κ1) is 10.7. The average molecular weight is 216 g/mol. The number of rotatable bonds is 2. The topological polar surface area (TPSA) is 53.6 Å². The first-order chi connectivity index (χ1) is 7.54. The molecule has 0 aliphatic carbocycles. The van der Waals surface area contributed by atoms with Crippen LogP contribution in [0, 0.1) is 0 Å². The number of pyridine rings is 1. The van der Waals surface area contributed by atoms with Crippen LogP contribution in [0.4, 0.5) is 5.82 Å². The van der Waals surface area contributed by atoms with Crippen LogP contribution in [-0.4, -0.2) is 20.7 Å². The van der Waals surface area contributed by atoms with Crippen LogP contribution in [-0.2, 0) is 0 Å². The summed E-state index contributed by atoms with van der Waals surface area (Å²) in [5, 5.41) is 10.5. The smallest absolute Gasteiger partial charge is 0.148 e. The van der Waals surface area contributed by atoms with E-state index in [0.29, 0.717) is 0 Å². The molecule has 0 unspecified atom stereocenters. The van der Waals surface area contributed by atoms with Gasteiger partial charge in [0.05, 0.1) is 5.69 Å². The predicted octanol–water partition coefficient (Wildman–Crippen LogP) is 2.68. The van der Waals surface area contributed by atoms with Crippen molar-refractivity contribution in [2.45, 2.75) is 26.3 Å². The van der Waals surface area contributed by atoms with Crippen LogP contribution >= 0.6 is 0 Å². The second-order valence-electron chi connectivity index (χ2n) is 4.78. The molecule has 84 valence electrons. The van der Waals surface area contributed by atoms with Gasteiger partial charge < -0.3 is 5.32 Å². The van der Waals surface area contributed by atoms with Gasteiger partial charge in [-0.05, 0) is 32.9 Å². The third-order valence-corrected chi connectivity index (χ3v) is 2.05. The Morgan fingerprint density at radius 2 is 2.12 bits per heavy atom. The quantitative estimate of drug-likeness (QED) is 0.811. The average Bonchev–Trinajstić information content (AvgIpc) is 2.65. The van der Waals surface area contributed by atoms with Crippen molar-refractivity contribution >= 4 is 5.82 Å². The van der Waals surface area contributed by atoms with E-state index in [0.717, 1.165) is 17.1 Å². The molecule has 0 atom stereocenters. The number of anilines is 1. The zero-order valence-corrected chi connectivity index (χ0v) is 9.78. The normalized spacial score (nSPS) is 11.4. The molecular weight excluding hydrogens is 200 g/mol. The molecule has 0 saturated carbocycles. The van der Waals surface area contributed by atoms with E-state index in [2.05, 4.69) is 41.3 Å². The number of H-pyrrole nitrogens is 1. The zero-order valence-electron chi connectivity index (χ0n) is 9.78. The van der Waals surface area contributed by atoms with E-state index in [9.17, 15) is 0 Å². The fraction of sp³-hybridized carbons (Fsp3) is 0.333. The Labute approximate surface area is 95.1 Å². The van der Waals surface area contributed by atoms with Crippen molar-refractivity contribution in [3.05, 3.63) is 30.6 Å². The van der Waals surface area contributed by atoms with Crippen molar-refractivity contribution in [2.24, 2.45) is 0 Å². The van der Waals surface area contributed by atoms with E-state index >= 15 is 0 Å². The van der Waals surface area contributed by atoms with Crippen molar-refractivity contribution in [1.82, 2.24) is 15.2 Å². The second-order valence-corrected chi connectivity index (χ2v) is 4.78. The van der Waals surface area contributed by atoms with Gasteiger partial charge in [-0.1, -0.05) is 0 Å². The molecular formula is C12H16N4. The minimum Gasteiger partial charge on any atom is -0.364 e. The third kappa shape index (κ3) is 2.59. The number of aromatic amines is 1. The van der Waals surface area contributed by atoms with E-state index < -0.39 is 0 Å². The van der Waals surface area contributed by atoms with Gasteiger partial charge in [0.25, 0.3) is 0 Å². The Balaban J connectivity index is 2.21. The third-order valence-electron chi connectivity index (χ3n) is 2.05. The fourth-order valence-corrected chi connectivity index (χ4v) is 1.44. The molecule has 0 amide bonds. The number of hydrogen-bond acceptors (Lipinski definition) is 3. The molecule has 2 aromatic rings. The highest BCUT2D eigenvalue weighted by Crippen LogP contribution is 2.20. The summed E-state index contributed by atoms with van der Waals surface area (Å²) in [5.74, 6) is 0.853. The van der Waals surface area contributed by atoms with Crippen LogP contribution in [0.3, 0.4) is 0 Å². The largest absolute Gasteiger partial charge is 0.364 e. The maximum atomic E-state index is 4.21. The second kappa shape index (κ2) is 3.96. The molecule has 0 aliphatic rings. The summed E-state index contributed by atoms with van der Waals surface area (Å²) < 4.78 is 0. The molecule has 0 radical (unpaired) electrons. The van der Waals surface area contributed by atoms with Crippen LogP contribution in [0.2, 0.25) is 0 Å². The van der Waals surface area contributed by atoms with E-state index in [1.54, 1.807) is 6.20 Å². The molecule has 2 N–H and O–H groups in total. The Morgan fingerprint density at radius 1 is 1.31 bits per heavy atom. The summed E-state index contributed by atoms with van der Waals surface area (Å²) in [6.45, 7) is 6.31. The molecule has 2 aromatic heterocycles. The molecule has 2 rings (SSSR count). The van der Waals surface area contributed by atoms with Crippen molar-refractivity contribution in [2.75, 3.05) is 5.32 Å². The van der Waals surface area contributed by atoms with E-state index in [1.165, 1.54) is 0 Å². The Bertz CT molecular complexity index is 453. The van der Waals surface area contributed by atoms with Gasteiger partial charge in [-0.15, -0.1) is 0 Å². The predicted molar refractivity (Wildman–Crippen MR) is 65.2 cm³/mol. The van der Waals surface area contributed by atoms with Crippen molar-refractivity contribution in [3.8, 4) is 11.3 Å². The lowest BCUT2D eigenvalue weighted by atomic mass is 10.1. The number of aromatic nitrogens is 3. The van der Waals surface area contributed by atoms with Crippen LogP contribution in [0.5, 0.6) is 0 Å². The summed E-state index contributed by atoms with van der Waals surface area (Å²) in [5.41, 5.74) is 2.03. The molecule has 2 heterocycles. The number of nitrogens with zero attached hydrogens (tertiary/aromatic N) is 2. The SMILES string of the molecule is CC(C)(C)Nc1cc(-c2cccnc2)[nH]n1. The highest BCUT2D eigenvalue weighted by atomic mass is 15.2. The Morgan fingerprint density at radius 3 is 2.75 bits per heavy atom. The number of hydrogen-bond donors (Lipinski definition) is 2. The van der Waals surface area contributed by atoms with Gasteiger partial charge >= 0.3 is 0 Å². The summed E-state index contributed by atoms with van der Waals surface area (Å²) in [4.78, 5) is 4.08. The molecule has 4 nitrogen and oxygen atoms in total. The summed E-state index contributed by atoms with van der Waals surface area (Å²) in [7, 11) is 0. The van der Waals surface area contributed by atoms with Gasteiger partial charge in [-0.25, -0.2) is 0 Å². The summed E-state index contributed by atoms with van der Waals surface area (Å²) in [6.07, 6.45) is 3.57. The monoisotopic (exact) mass is 216 g/mol. The van der Waals surface area contributed by atoms with Crippen LogP contribution in [0.25, 0.3) is 11.3 Å². The lowest BCUT2D eigenvalue weighted by Gasteiger charge is -2.19. The molecule has 0 fully saturated rings. The minimum atomic E-state index is 0.0153. The zero-order chi connectivity index (χ0) is 11.6. The molecule has 4 heteroatoms. The van der Waals surface area contributed by atoms with Crippen LogP contribution in [0.1, 0.15) is 20.8 Å². The van der Waals surface area contributed by atoms with Crippen LogP contribution < -0.4 is 5.32 Å². The molecule has 0 spiro atoms. The molecule has 0 bridgehead atoms. The fourth-order valence-electron chi connectivity index (χ4n) is 1.44. The van der Waals surface area contributed by atoms with Gasteiger partial charge in [-0.3, -0.25) is 10.1 Å². The standard InChI is InChI=1S/C12H16N4/c1-12(2,3)14-11-7-10(15-16-11)9-5-4-6-13-8-9/h4-8H,1-3H3,(H2,14,15,16). The van der Waals surface area contributed by atoms with E-state index in [4.69, 9.17) is 0 Å². The van der Waals surface area contributed by atoms with Gasteiger partial charge in [0, 0.05) is 29.6 Å². The van der Waals surface area contributed by atoms with Crippen molar-refractivity contribution < 1.29 is 0 Å². The molecule has 16 heavy (non-hydrogen) atoms. The minimum absolute atomic E-state index is 0.0153. The highest BCUT2D eigenvalue weighted by Gasteiger charge is 2.11. The van der Waals surface area contributed by atoms with E-state index in [-0.39, 0.29) is 5.54 Å². The first-order valence-electron chi connectivity index (χ1n) is 5.28. The maximum absolute atomic E-state index is 4.21. The molecule has 0 aliphatic heterocycles. The van der Waals surface area contributed by atoms with Gasteiger partial charge in [-0.2, -0.15) is 5.10 Å². The van der Waals surface area contributed by atoms with Crippen molar-refractivity contribution in [3.63, 3.8) is 0 Å². The Kier molecular flexibility index (Phi) is 2.64.